The summed E-state index contributed by atoms with van der Waals surface area (Å²) in [6.07, 6.45) is 2.68. The molecule has 0 saturated heterocycles. The largest absolute Gasteiger partial charge is 3.00 e. The summed E-state index contributed by atoms with van der Waals surface area (Å²) < 4.78 is 6.07. The van der Waals surface area contributed by atoms with Gasteiger partial charge in [-0.15, -0.1) is 0 Å². The van der Waals surface area contributed by atoms with Gasteiger partial charge in [-0.05, 0) is 67.8 Å². The molecule has 10 N–H and O–H groups in total. The summed E-state index contributed by atoms with van der Waals surface area (Å²) in [6, 6.07) is 8.29. The first-order valence-electron chi connectivity index (χ1n) is 24.0. The maximum absolute atomic E-state index is 14.1. The normalized spacial score (nSPS) is 12.9. The molecular formula is C48H66GdN11O16-2. The van der Waals surface area contributed by atoms with E-state index in [0.29, 0.717) is 49.6 Å². The van der Waals surface area contributed by atoms with Crippen LogP contribution in [0.4, 0.5) is 0 Å². The Kier molecular flexibility index (Phi) is 32.5. The van der Waals surface area contributed by atoms with Gasteiger partial charge in [-0.3, -0.25) is 38.9 Å². The van der Waals surface area contributed by atoms with Gasteiger partial charge in [-0.1, -0.05) is 56.7 Å². The molecular weight excluding hydrogens is 1140 g/mol. The average molecular weight is 1210 g/mol. The van der Waals surface area contributed by atoms with Crippen molar-refractivity contribution in [2.75, 3.05) is 78.6 Å². The number of aliphatic imine (C=N–C) groups is 1. The Labute approximate surface area is 471 Å². The Bertz CT molecular complexity index is 2240. The minimum atomic E-state index is -1.76. The predicted molar refractivity (Wildman–Crippen MR) is 257 cm³/mol. The number of hydrogen-bond acceptors (Lipinski definition) is 21. The summed E-state index contributed by atoms with van der Waals surface area (Å²) in [7, 11) is 0. The maximum Gasteiger partial charge on any atom is 3.00 e. The molecule has 27 nitrogen and oxygen atoms in total. The molecule has 2 aromatic carbocycles. The van der Waals surface area contributed by atoms with E-state index in [0.717, 1.165) is 14.7 Å². The number of hydrogen-bond donors (Lipinski definition) is 7. The number of nitrogens with one attached hydrogen (secondary N) is 4. The average Bonchev–Trinajstić information content (AvgIpc) is 3.34. The smallest absolute Gasteiger partial charge is 0.549 e. The van der Waals surface area contributed by atoms with Gasteiger partial charge in [0.15, 0.2) is 5.96 Å². The van der Waals surface area contributed by atoms with Crippen molar-refractivity contribution >= 4 is 65.7 Å². The molecule has 0 heterocycles. The number of rotatable bonds is 39. The molecule has 0 fully saturated rings. The van der Waals surface area contributed by atoms with E-state index in [4.69, 9.17) is 21.9 Å². The monoisotopic (exact) mass is 1210 g/mol. The van der Waals surface area contributed by atoms with Gasteiger partial charge in [-0.2, -0.15) is 0 Å². The van der Waals surface area contributed by atoms with Crippen molar-refractivity contribution in [1.29, 1.82) is 0 Å². The Hall–Kier alpha value is -6.43. The Morgan fingerprint density at radius 2 is 1.32 bits per heavy atom. The molecule has 4 amide bonds. The number of amides is 4. The van der Waals surface area contributed by atoms with Crippen LogP contribution in [-0.2, 0) is 43.2 Å². The van der Waals surface area contributed by atoms with Crippen LogP contribution in [0.2, 0.25) is 0 Å². The van der Waals surface area contributed by atoms with Crippen LogP contribution in [0.25, 0.3) is 11.1 Å². The van der Waals surface area contributed by atoms with Crippen molar-refractivity contribution in [2.24, 2.45) is 28.1 Å². The minimum absolute atomic E-state index is 0. The SMILES string of the molecule is CC[C@@H](C)[C@H](NC(=O)CNC(=O)c1cc(-c2ccccc2)ccc1OCC(CN(CCN(CC(=O)[O-])CC(=O)[O-])CC(=O)[O-])N(CC(=O)[O-])CC(=O)[O-])C(=O)N[C@@H](CCCN=C(N)N)C(=O)N[C@@H](C=O)CCCCN.[Gd+3]. The molecule has 0 bridgehead atoms. The van der Waals surface area contributed by atoms with Crippen molar-refractivity contribution in [2.45, 2.75) is 76.5 Å². The predicted octanol–water partition coefficient (Wildman–Crippen LogP) is -8.63. The van der Waals surface area contributed by atoms with Crippen LogP contribution in [0.3, 0.4) is 0 Å². The molecule has 2 aromatic rings. The van der Waals surface area contributed by atoms with E-state index in [9.17, 15) is 73.5 Å². The number of nitrogens with two attached hydrogens (primary N) is 3. The van der Waals surface area contributed by atoms with E-state index in [1.807, 2.05) is 0 Å². The molecule has 76 heavy (non-hydrogen) atoms. The Morgan fingerprint density at radius 1 is 0.724 bits per heavy atom. The third-order valence-electron chi connectivity index (χ3n) is 11.5. The Morgan fingerprint density at radius 3 is 1.87 bits per heavy atom. The molecule has 2 rings (SSSR count). The fourth-order valence-electron chi connectivity index (χ4n) is 7.51. The van der Waals surface area contributed by atoms with Gasteiger partial charge in [0.2, 0.25) is 17.7 Å². The first kappa shape index (κ1) is 67.6. The van der Waals surface area contributed by atoms with Crippen molar-refractivity contribution in [1.82, 2.24) is 36.0 Å². The standard InChI is InChI=1S/C48H71N11O16.Gd/c1-3-30(2)44(47(74)55-36(13-9-17-52-48(50)51)46(73)54-33(28-60)12-7-8-16-49)56-38(61)21-53-45(72)35-20-32(31-10-5-4-6-11-31)14-15-37(35)75-29-34(59(26-42(68)69)27-43(70)71)22-57(23-39(62)63)18-19-58(24-40(64)65)25-41(66)67;/h4-6,10-11,14-15,20,28,30,33-34,36,44H,3,7-9,12-13,16-19,21-27,29,49H2,1-2H3,(H,53,72)(H,54,73)(H,55,74)(H,56,61)(H,62,63)(H,64,65)(H,66,67)(H,68,69)(H,70,71)(H4,50,51,52);/q;+3/p-5/t30-,33-,34?,36+,44+;/m1./s1. The van der Waals surface area contributed by atoms with Crippen molar-refractivity contribution in [3.63, 3.8) is 0 Å². The van der Waals surface area contributed by atoms with E-state index >= 15 is 0 Å². The molecule has 5 atom stereocenters. The summed E-state index contributed by atoms with van der Waals surface area (Å²) in [4.78, 5) is 132. The number of aldehydes is 1. The van der Waals surface area contributed by atoms with Crippen LogP contribution < -0.4 is 68.7 Å². The fourth-order valence-corrected chi connectivity index (χ4v) is 7.51. The molecule has 1 radical (unpaired) electrons. The zero-order valence-electron chi connectivity index (χ0n) is 42.2. The van der Waals surface area contributed by atoms with Crippen LogP contribution in [0, 0.1) is 45.9 Å². The number of carbonyl (C=O) groups excluding carboxylic acids is 10. The van der Waals surface area contributed by atoms with Gasteiger partial charge in [0.05, 0.1) is 54.0 Å². The molecule has 0 saturated carbocycles. The number of carboxylic acid groups (broad SMARTS) is 5. The summed E-state index contributed by atoms with van der Waals surface area (Å²) in [5, 5.41) is 68.6. The third-order valence-corrected chi connectivity index (χ3v) is 11.5. The molecule has 0 aromatic heterocycles. The molecule has 28 heteroatoms. The van der Waals surface area contributed by atoms with Gasteiger partial charge in [-0.25, -0.2) is 0 Å². The van der Waals surface area contributed by atoms with Crippen LogP contribution in [0.1, 0.15) is 62.7 Å². The molecule has 0 aliphatic rings. The minimum Gasteiger partial charge on any atom is -0.549 e. The first-order valence-corrected chi connectivity index (χ1v) is 24.0. The Balaban J connectivity index is 0.0000289. The van der Waals surface area contributed by atoms with E-state index in [1.54, 1.807) is 50.2 Å². The zero-order chi connectivity index (χ0) is 56.0. The third kappa shape index (κ3) is 26.9. The van der Waals surface area contributed by atoms with Crippen molar-refractivity contribution in [3.8, 4) is 16.9 Å². The van der Waals surface area contributed by atoms with Crippen LogP contribution in [0.5, 0.6) is 5.75 Å². The van der Waals surface area contributed by atoms with Crippen LogP contribution in [-0.4, -0.2) is 183 Å². The number of benzene rings is 2. The quantitative estimate of drug-likeness (QED) is 0.0141. The summed E-state index contributed by atoms with van der Waals surface area (Å²) >= 11 is 0. The summed E-state index contributed by atoms with van der Waals surface area (Å²) in [6.45, 7) is -3.63. The van der Waals surface area contributed by atoms with Gasteiger partial charge < -0.3 is 97.5 Å². The van der Waals surface area contributed by atoms with Gasteiger partial charge in [0, 0.05) is 58.9 Å². The molecule has 0 spiro atoms. The number of carbonyl (C=O) groups is 10. The maximum atomic E-state index is 14.1. The number of unbranched alkanes of at least 4 members (excludes halogenated alkanes) is 1. The van der Waals surface area contributed by atoms with E-state index in [-0.39, 0.29) is 76.6 Å². The molecule has 1 unspecified atom stereocenters. The second-order valence-electron chi connectivity index (χ2n) is 17.4. The molecule has 0 aliphatic carbocycles. The van der Waals surface area contributed by atoms with E-state index in [2.05, 4.69) is 26.3 Å². The number of guanidine groups is 1. The molecule has 0 aliphatic heterocycles. The second kappa shape index (κ2) is 36.5. The first-order chi connectivity index (χ1) is 35.6. The number of aliphatic carboxylic acids is 5. The number of ether oxygens (including phenoxy) is 1. The van der Waals surface area contributed by atoms with Crippen LogP contribution >= 0.6 is 0 Å². The summed E-state index contributed by atoms with van der Waals surface area (Å²) in [5.74, 6) is -12.6. The second-order valence-corrected chi connectivity index (χ2v) is 17.4. The van der Waals surface area contributed by atoms with Gasteiger partial charge >= 0.3 is 39.9 Å². The van der Waals surface area contributed by atoms with Crippen LogP contribution in [0.15, 0.2) is 53.5 Å². The van der Waals surface area contributed by atoms with Crippen molar-refractivity contribution < 1.29 is 118 Å². The summed E-state index contributed by atoms with van der Waals surface area (Å²) in [5.41, 5.74) is 17.3. The van der Waals surface area contributed by atoms with E-state index < -0.39 is 149 Å². The number of nitrogens with zero attached hydrogens (tertiary/aromatic N) is 4. The van der Waals surface area contributed by atoms with E-state index in [1.165, 1.54) is 12.1 Å². The zero-order valence-corrected chi connectivity index (χ0v) is 44.5. The topological polar surface area (TPSA) is 443 Å². The fraction of sp³-hybridized carbons (Fsp3) is 0.521. The number of carboxylic acids is 5. The van der Waals surface area contributed by atoms with Gasteiger partial charge in [0.25, 0.3) is 5.91 Å². The van der Waals surface area contributed by atoms with Gasteiger partial charge in [0.1, 0.15) is 30.7 Å². The molecule has 419 valence electrons. The van der Waals surface area contributed by atoms with Crippen molar-refractivity contribution in [3.05, 3.63) is 54.1 Å².